The number of ether oxygens (including phenoxy) is 1. The van der Waals surface area contributed by atoms with Gasteiger partial charge in [0.05, 0.1) is 13.2 Å². The summed E-state index contributed by atoms with van der Waals surface area (Å²) in [5.41, 5.74) is -1.20. The number of aliphatic carboxylic acids is 1. The van der Waals surface area contributed by atoms with Crippen LogP contribution in [0.15, 0.2) is 12.7 Å². The van der Waals surface area contributed by atoms with Crippen LogP contribution in [-0.2, 0) is 9.53 Å². The first-order chi connectivity index (χ1) is 9.02. The fourth-order valence-electron chi connectivity index (χ4n) is 1.55. The van der Waals surface area contributed by atoms with Crippen molar-refractivity contribution in [3.05, 3.63) is 12.7 Å². The molecule has 110 valence electrons. The predicted octanol–water partition coefficient (Wildman–Crippen LogP) is 1.52. The predicted molar refractivity (Wildman–Crippen MR) is 73.1 cm³/mol. The molecule has 0 aromatic heterocycles. The Morgan fingerprint density at radius 2 is 1.95 bits per heavy atom. The Balaban J connectivity index is 4.01. The Bertz CT molecular complexity index is 301. The summed E-state index contributed by atoms with van der Waals surface area (Å²) in [6.07, 6.45) is 3.19. The number of amides is 2. The Morgan fingerprint density at radius 3 is 2.42 bits per heavy atom. The number of hydrogen-bond acceptors (Lipinski definition) is 3. The summed E-state index contributed by atoms with van der Waals surface area (Å²) in [5, 5.41) is 14.2. The van der Waals surface area contributed by atoms with Gasteiger partial charge < -0.3 is 20.5 Å². The molecule has 0 saturated carbocycles. The lowest BCUT2D eigenvalue weighted by Crippen LogP contribution is -2.56. The van der Waals surface area contributed by atoms with Crippen LogP contribution in [0.25, 0.3) is 0 Å². The second kappa shape index (κ2) is 9.38. The molecule has 6 nitrogen and oxygen atoms in total. The van der Waals surface area contributed by atoms with E-state index in [0.29, 0.717) is 32.6 Å². The van der Waals surface area contributed by atoms with Crippen molar-refractivity contribution < 1.29 is 19.4 Å². The van der Waals surface area contributed by atoms with Crippen molar-refractivity contribution in [1.29, 1.82) is 0 Å². The minimum absolute atomic E-state index is 0.335. The molecule has 3 N–H and O–H groups in total. The van der Waals surface area contributed by atoms with E-state index in [1.165, 1.54) is 0 Å². The molecule has 0 aromatic rings. The average Bonchev–Trinajstić information content (AvgIpc) is 2.39. The van der Waals surface area contributed by atoms with E-state index in [1.807, 2.05) is 0 Å². The van der Waals surface area contributed by atoms with Crippen LogP contribution in [0.4, 0.5) is 4.79 Å². The highest BCUT2D eigenvalue weighted by atomic mass is 16.5. The third-order valence-electron chi connectivity index (χ3n) is 2.97. The molecule has 0 aliphatic heterocycles. The number of carbonyl (C=O) groups is 2. The highest BCUT2D eigenvalue weighted by molar-refractivity contribution is 5.86. The molecule has 6 heteroatoms. The summed E-state index contributed by atoms with van der Waals surface area (Å²) in [6, 6.07) is -0.488. The summed E-state index contributed by atoms with van der Waals surface area (Å²) in [6.45, 7) is 8.32. The lowest BCUT2D eigenvalue weighted by molar-refractivity contribution is -0.144. The molecular weight excluding hydrogens is 248 g/mol. The Kier molecular flexibility index (Phi) is 8.61. The minimum Gasteiger partial charge on any atom is -0.480 e. The molecule has 0 aliphatic rings. The highest BCUT2D eigenvalue weighted by Gasteiger charge is 2.36. The summed E-state index contributed by atoms with van der Waals surface area (Å²) in [4.78, 5) is 22.8. The highest BCUT2D eigenvalue weighted by Crippen LogP contribution is 2.14. The van der Waals surface area contributed by atoms with E-state index in [4.69, 9.17) is 9.84 Å². The van der Waals surface area contributed by atoms with Crippen molar-refractivity contribution in [1.82, 2.24) is 10.6 Å². The molecule has 0 unspecified atom stereocenters. The third kappa shape index (κ3) is 6.24. The standard InChI is InChI=1S/C13H24N2O4/c1-4-7-9-19-10-8-14-12(18)15-13(5-2,6-3)11(16)17/h4H,1,5-10H2,2-3H3,(H,16,17)(H2,14,15,18). The van der Waals surface area contributed by atoms with Crippen LogP contribution in [0.2, 0.25) is 0 Å². The zero-order valence-corrected chi connectivity index (χ0v) is 11.7. The van der Waals surface area contributed by atoms with Gasteiger partial charge in [-0.05, 0) is 19.3 Å². The van der Waals surface area contributed by atoms with E-state index in [-0.39, 0.29) is 0 Å². The number of carboxylic acids is 1. The van der Waals surface area contributed by atoms with Crippen molar-refractivity contribution in [2.75, 3.05) is 19.8 Å². The second-order valence-electron chi connectivity index (χ2n) is 4.16. The van der Waals surface area contributed by atoms with Crippen LogP contribution in [-0.4, -0.2) is 42.4 Å². The van der Waals surface area contributed by atoms with Crippen molar-refractivity contribution in [2.45, 2.75) is 38.6 Å². The van der Waals surface area contributed by atoms with Gasteiger partial charge >= 0.3 is 12.0 Å². The molecule has 0 atom stereocenters. The first kappa shape index (κ1) is 17.4. The quantitative estimate of drug-likeness (QED) is 0.415. The van der Waals surface area contributed by atoms with E-state index in [1.54, 1.807) is 19.9 Å². The van der Waals surface area contributed by atoms with Crippen LogP contribution in [0, 0.1) is 0 Å². The van der Waals surface area contributed by atoms with E-state index >= 15 is 0 Å². The van der Waals surface area contributed by atoms with Crippen LogP contribution in [0.3, 0.4) is 0 Å². The molecule has 0 saturated heterocycles. The van der Waals surface area contributed by atoms with Crippen LogP contribution < -0.4 is 10.6 Å². The second-order valence-corrected chi connectivity index (χ2v) is 4.16. The van der Waals surface area contributed by atoms with E-state index < -0.39 is 17.5 Å². The molecule has 0 rings (SSSR count). The van der Waals surface area contributed by atoms with Crippen molar-refractivity contribution >= 4 is 12.0 Å². The van der Waals surface area contributed by atoms with Gasteiger partial charge in [-0.2, -0.15) is 0 Å². The maximum atomic E-state index is 11.6. The number of carboxylic acid groups (broad SMARTS) is 1. The molecule has 0 aliphatic carbocycles. The zero-order chi connectivity index (χ0) is 14.7. The van der Waals surface area contributed by atoms with Crippen LogP contribution in [0.5, 0.6) is 0 Å². The molecule has 0 radical (unpaired) electrons. The third-order valence-corrected chi connectivity index (χ3v) is 2.97. The molecule has 0 aromatic carbocycles. The smallest absolute Gasteiger partial charge is 0.329 e. The van der Waals surface area contributed by atoms with Crippen molar-refractivity contribution in [3.63, 3.8) is 0 Å². The first-order valence-electron chi connectivity index (χ1n) is 6.50. The summed E-state index contributed by atoms with van der Waals surface area (Å²) < 4.78 is 5.22. The van der Waals surface area contributed by atoms with Gasteiger partial charge in [-0.25, -0.2) is 9.59 Å². The number of nitrogens with one attached hydrogen (secondary N) is 2. The molecule has 2 amide bonds. The maximum absolute atomic E-state index is 11.6. The van der Waals surface area contributed by atoms with Gasteiger partial charge in [-0.1, -0.05) is 19.9 Å². The largest absolute Gasteiger partial charge is 0.480 e. The first-order valence-corrected chi connectivity index (χ1v) is 6.50. The Morgan fingerprint density at radius 1 is 1.32 bits per heavy atom. The SMILES string of the molecule is C=CCCOCCNC(=O)NC(CC)(CC)C(=O)O. The van der Waals surface area contributed by atoms with Gasteiger partial charge in [0.25, 0.3) is 0 Å². The molecular formula is C13H24N2O4. The zero-order valence-electron chi connectivity index (χ0n) is 11.7. The molecule has 0 fully saturated rings. The molecule has 19 heavy (non-hydrogen) atoms. The van der Waals surface area contributed by atoms with Gasteiger partial charge in [0.1, 0.15) is 5.54 Å². The summed E-state index contributed by atoms with van der Waals surface area (Å²) >= 11 is 0. The van der Waals surface area contributed by atoms with Crippen molar-refractivity contribution in [2.24, 2.45) is 0 Å². The van der Waals surface area contributed by atoms with Crippen molar-refractivity contribution in [3.8, 4) is 0 Å². The van der Waals surface area contributed by atoms with Gasteiger partial charge in [-0.15, -0.1) is 6.58 Å². The Labute approximate surface area is 114 Å². The molecule has 0 heterocycles. The van der Waals surface area contributed by atoms with Gasteiger partial charge in [-0.3, -0.25) is 0 Å². The van der Waals surface area contributed by atoms with Gasteiger partial charge in [0.15, 0.2) is 0 Å². The lowest BCUT2D eigenvalue weighted by atomic mass is 9.93. The van der Waals surface area contributed by atoms with E-state index in [0.717, 1.165) is 6.42 Å². The lowest BCUT2D eigenvalue weighted by Gasteiger charge is -2.28. The fraction of sp³-hybridized carbons (Fsp3) is 0.692. The maximum Gasteiger partial charge on any atom is 0.329 e. The Hall–Kier alpha value is -1.56. The monoisotopic (exact) mass is 272 g/mol. The number of rotatable bonds is 10. The van der Waals surface area contributed by atoms with Crippen LogP contribution >= 0.6 is 0 Å². The fourth-order valence-corrected chi connectivity index (χ4v) is 1.55. The normalized spacial score (nSPS) is 10.8. The number of carbonyl (C=O) groups excluding carboxylic acids is 1. The molecule has 0 spiro atoms. The summed E-state index contributed by atoms with van der Waals surface area (Å²) in [7, 11) is 0. The van der Waals surface area contributed by atoms with Crippen LogP contribution in [0.1, 0.15) is 33.1 Å². The van der Waals surface area contributed by atoms with E-state index in [2.05, 4.69) is 17.2 Å². The minimum atomic E-state index is -1.20. The van der Waals surface area contributed by atoms with Gasteiger partial charge in [0, 0.05) is 6.54 Å². The number of hydrogen-bond donors (Lipinski definition) is 3. The molecule has 0 bridgehead atoms. The average molecular weight is 272 g/mol. The van der Waals surface area contributed by atoms with Gasteiger partial charge in [0.2, 0.25) is 0 Å². The topological polar surface area (TPSA) is 87.7 Å². The summed E-state index contributed by atoms with van der Waals surface area (Å²) in [5.74, 6) is -1.02. The van der Waals surface area contributed by atoms with E-state index in [9.17, 15) is 9.59 Å². The number of urea groups is 1.